The fraction of sp³-hybridized carbons (Fsp3) is 0.174. The van der Waals surface area contributed by atoms with Crippen molar-refractivity contribution in [3.8, 4) is 17.2 Å². The van der Waals surface area contributed by atoms with Crippen LogP contribution in [0.5, 0.6) is 0 Å². The van der Waals surface area contributed by atoms with Crippen molar-refractivity contribution in [3.63, 3.8) is 0 Å². The van der Waals surface area contributed by atoms with E-state index >= 15 is 0 Å². The first kappa shape index (κ1) is 21.1. The summed E-state index contributed by atoms with van der Waals surface area (Å²) < 4.78 is 54.6. The molecule has 1 aliphatic heterocycles. The van der Waals surface area contributed by atoms with E-state index in [1.165, 1.54) is 24.3 Å². The Hall–Kier alpha value is -3.12. The van der Waals surface area contributed by atoms with Gasteiger partial charge in [-0.2, -0.15) is 9.57 Å². The molecule has 158 valence electrons. The average molecular weight is 440 g/mol. The topological polar surface area (TPSA) is 81.4 Å². The van der Waals surface area contributed by atoms with Crippen LogP contribution in [0.2, 0.25) is 0 Å². The third kappa shape index (κ3) is 3.61. The van der Waals surface area contributed by atoms with Crippen molar-refractivity contribution in [2.75, 3.05) is 6.61 Å². The summed E-state index contributed by atoms with van der Waals surface area (Å²) in [6, 6.07) is 17.5. The van der Waals surface area contributed by atoms with Crippen molar-refractivity contribution >= 4 is 10.0 Å². The van der Waals surface area contributed by atoms with Gasteiger partial charge in [-0.25, -0.2) is 17.2 Å². The Bertz CT molecular complexity index is 1270. The van der Waals surface area contributed by atoms with Crippen LogP contribution in [0.25, 0.3) is 11.1 Å². The van der Waals surface area contributed by atoms with Crippen LogP contribution in [-0.2, 0) is 10.0 Å². The molecule has 1 fully saturated rings. The summed E-state index contributed by atoms with van der Waals surface area (Å²) in [5.41, 5.74) is 1.85. The molecule has 0 amide bonds. The maximum atomic E-state index is 13.8. The standard InChI is InChI=1S/C23H18F2N2O3S/c24-16-6-3-5-15(11-16)19-9-1-2-10-20(19)23-21(13-26)27(22(23)14-28)31(29,30)18-8-4-7-17(25)12-18/h1-12,21-23,28H,14H2/t21-,22-,23+/m1/s1. The maximum absolute atomic E-state index is 13.8. The molecule has 1 aliphatic rings. The Morgan fingerprint density at radius 3 is 2.29 bits per heavy atom. The summed E-state index contributed by atoms with van der Waals surface area (Å²) in [6.07, 6.45) is 0. The van der Waals surface area contributed by atoms with Crippen molar-refractivity contribution in [1.29, 1.82) is 5.26 Å². The number of hydrogen-bond donors (Lipinski definition) is 1. The van der Waals surface area contributed by atoms with Gasteiger partial charge >= 0.3 is 0 Å². The first-order valence-electron chi connectivity index (χ1n) is 9.53. The molecule has 3 aromatic carbocycles. The van der Waals surface area contributed by atoms with Gasteiger partial charge in [0.25, 0.3) is 0 Å². The molecule has 0 aliphatic carbocycles. The molecule has 8 heteroatoms. The zero-order valence-electron chi connectivity index (χ0n) is 16.2. The SMILES string of the molecule is N#C[C@@H]1[C@H](c2ccccc2-c2cccc(F)c2)[C@@H](CO)N1S(=O)(=O)c1cccc(F)c1. The van der Waals surface area contributed by atoms with Gasteiger partial charge in [-0.05, 0) is 47.0 Å². The molecule has 4 rings (SSSR count). The van der Waals surface area contributed by atoms with Crippen molar-refractivity contribution in [1.82, 2.24) is 4.31 Å². The minimum atomic E-state index is -4.22. The van der Waals surface area contributed by atoms with Gasteiger partial charge in [-0.1, -0.05) is 42.5 Å². The Labute approximate surface area is 178 Å². The van der Waals surface area contributed by atoms with E-state index in [1.807, 2.05) is 6.07 Å². The van der Waals surface area contributed by atoms with Crippen LogP contribution in [0.3, 0.4) is 0 Å². The van der Waals surface area contributed by atoms with Crippen LogP contribution in [0.15, 0.2) is 77.7 Å². The average Bonchev–Trinajstić information content (AvgIpc) is 2.74. The van der Waals surface area contributed by atoms with E-state index in [9.17, 15) is 27.6 Å². The fourth-order valence-corrected chi connectivity index (χ4v) is 5.91. The Kier molecular flexibility index (Phi) is 5.58. The summed E-state index contributed by atoms with van der Waals surface area (Å²) in [4.78, 5) is -0.289. The number of benzene rings is 3. The molecule has 5 nitrogen and oxygen atoms in total. The molecular weight excluding hydrogens is 422 g/mol. The van der Waals surface area contributed by atoms with Gasteiger partial charge in [0.2, 0.25) is 10.0 Å². The highest BCUT2D eigenvalue weighted by Crippen LogP contribution is 2.46. The lowest BCUT2D eigenvalue weighted by Gasteiger charge is -2.50. The minimum Gasteiger partial charge on any atom is -0.395 e. The summed E-state index contributed by atoms with van der Waals surface area (Å²) in [6.45, 7) is -0.533. The van der Waals surface area contributed by atoms with Gasteiger partial charge in [0, 0.05) is 5.92 Å². The Morgan fingerprint density at radius 1 is 0.968 bits per heavy atom. The maximum Gasteiger partial charge on any atom is 0.244 e. The molecule has 3 aromatic rings. The van der Waals surface area contributed by atoms with E-state index in [1.54, 1.807) is 36.4 Å². The zero-order valence-corrected chi connectivity index (χ0v) is 17.0. The zero-order chi connectivity index (χ0) is 22.2. The third-order valence-electron chi connectivity index (χ3n) is 5.50. The lowest BCUT2D eigenvalue weighted by Crippen LogP contribution is -2.65. The van der Waals surface area contributed by atoms with Crippen LogP contribution in [0.1, 0.15) is 11.5 Å². The van der Waals surface area contributed by atoms with Gasteiger partial charge in [0.05, 0.1) is 23.6 Å². The monoisotopic (exact) mass is 440 g/mol. The number of aliphatic hydroxyl groups excluding tert-OH is 1. The molecule has 0 spiro atoms. The van der Waals surface area contributed by atoms with Crippen LogP contribution >= 0.6 is 0 Å². The normalized spacial score (nSPS) is 21.3. The van der Waals surface area contributed by atoms with Gasteiger partial charge in [-0.3, -0.25) is 0 Å². The predicted octanol–water partition coefficient (Wildman–Crippen LogP) is 3.67. The van der Waals surface area contributed by atoms with Crippen LogP contribution < -0.4 is 0 Å². The molecule has 3 atom stereocenters. The predicted molar refractivity (Wildman–Crippen MR) is 110 cm³/mol. The molecule has 31 heavy (non-hydrogen) atoms. The number of halogens is 2. The number of hydrogen-bond acceptors (Lipinski definition) is 4. The molecule has 0 aromatic heterocycles. The number of nitriles is 1. The first-order chi connectivity index (χ1) is 14.9. The summed E-state index contributed by atoms with van der Waals surface area (Å²) >= 11 is 0. The van der Waals surface area contributed by atoms with E-state index in [0.717, 1.165) is 16.4 Å². The molecule has 1 saturated heterocycles. The van der Waals surface area contributed by atoms with Crippen molar-refractivity contribution in [3.05, 3.63) is 90.0 Å². The highest BCUT2D eigenvalue weighted by Gasteiger charge is 2.55. The summed E-state index contributed by atoms with van der Waals surface area (Å²) in [7, 11) is -4.22. The lowest BCUT2D eigenvalue weighted by molar-refractivity contribution is 0.0559. The highest BCUT2D eigenvalue weighted by molar-refractivity contribution is 7.89. The summed E-state index contributed by atoms with van der Waals surface area (Å²) in [5, 5.41) is 19.8. The number of rotatable bonds is 5. The molecule has 0 saturated carbocycles. The molecule has 1 N–H and O–H groups in total. The van der Waals surface area contributed by atoms with E-state index in [4.69, 9.17) is 0 Å². The second-order valence-electron chi connectivity index (χ2n) is 7.24. The van der Waals surface area contributed by atoms with Crippen LogP contribution in [0.4, 0.5) is 8.78 Å². The van der Waals surface area contributed by atoms with Gasteiger partial charge in [0.15, 0.2) is 0 Å². The summed E-state index contributed by atoms with van der Waals surface area (Å²) in [5.74, 6) is -1.78. The Morgan fingerprint density at radius 2 is 1.65 bits per heavy atom. The second-order valence-corrected chi connectivity index (χ2v) is 9.08. The Balaban J connectivity index is 1.78. The number of sulfonamides is 1. The van der Waals surface area contributed by atoms with Crippen LogP contribution in [0, 0.1) is 23.0 Å². The van der Waals surface area contributed by atoms with E-state index in [2.05, 4.69) is 0 Å². The molecule has 0 unspecified atom stereocenters. The minimum absolute atomic E-state index is 0.289. The van der Waals surface area contributed by atoms with Gasteiger partial charge in [0.1, 0.15) is 17.7 Å². The number of nitrogens with zero attached hydrogens (tertiary/aromatic N) is 2. The number of aliphatic hydroxyl groups is 1. The third-order valence-corrected chi connectivity index (χ3v) is 7.40. The van der Waals surface area contributed by atoms with Crippen molar-refractivity contribution in [2.24, 2.45) is 0 Å². The second kappa shape index (κ2) is 8.19. The van der Waals surface area contributed by atoms with Gasteiger partial charge in [-0.15, -0.1) is 0 Å². The largest absolute Gasteiger partial charge is 0.395 e. The highest BCUT2D eigenvalue weighted by atomic mass is 32.2. The molecule has 1 heterocycles. The van der Waals surface area contributed by atoms with Crippen molar-refractivity contribution in [2.45, 2.75) is 22.9 Å². The fourth-order valence-electron chi connectivity index (χ4n) is 4.12. The van der Waals surface area contributed by atoms with Gasteiger partial charge < -0.3 is 5.11 Å². The van der Waals surface area contributed by atoms with Crippen molar-refractivity contribution < 1.29 is 22.3 Å². The molecule has 0 bridgehead atoms. The van der Waals surface area contributed by atoms with E-state index in [0.29, 0.717) is 16.7 Å². The smallest absolute Gasteiger partial charge is 0.244 e. The lowest BCUT2D eigenvalue weighted by atomic mass is 9.75. The van der Waals surface area contributed by atoms with Crippen LogP contribution in [-0.4, -0.2) is 36.5 Å². The van der Waals surface area contributed by atoms with E-state index < -0.39 is 46.3 Å². The van der Waals surface area contributed by atoms with E-state index in [-0.39, 0.29) is 4.90 Å². The molecular formula is C23H18F2N2O3S. The molecule has 0 radical (unpaired) electrons. The quantitative estimate of drug-likeness (QED) is 0.656. The first-order valence-corrected chi connectivity index (χ1v) is 11.0.